The fourth-order valence-corrected chi connectivity index (χ4v) is 2.60. The van der Waals surface area contributed by atoms with Crippen LogP contribution in [0.4, 0.5) is 0 Å². The van der Waals surface area contributed by atoms with Gasteiger partial charge in [-0.15, -0.1) is 0 Å². The predicted molar refractivity (Wildman–Crippen MR) is 79.4 cm³/mol. The monoisotopic (exact) mass is 280 g/mol. The van der Waals surface area contributed by atoms with E-state index in [1.807, 2.05) is 25.1 Å². The van der Waals surface area contributed by atoms with E-state index in [1.165, 1.54) is 0 Å². The first-order valence-electron chi connectivity index (χ1n) is 6.33. The summed E-state index contributed by atoms with van der Waals surface area (Å²) in [7, 11) is 1.65. The summed E-state index contributed by atoms with van der Waals surface area (Å²) in [4.78, 5) is 2.60. The standard InChI is InChI=1S/C14H20N2O2S/c1-14(17)5-6-16(9-14)8-11-7-10(13(15)19)3-4-12(11)18-2/h3-4,7,17H,5-6,8-9H2,1-2H3,(H2,15,19). The second-order valence-electron chi connectivity index (χ2n) is 5.35. The van der Waals surface area contributed by atoms with Gasteiger partial charge in [-0.1, -0.05) is 12.2 Å². The van der Waals surface area contributed by atoms with Gasteiger partial charge in [-0.2, -0.15) is 0 Å². The SMILES string of the molecule is COc1ccc(C(N)=S)cc1CN1CCC(C)(O)C1. The summed E-state index contributed by atoms with van der Waals surface area (Å²) in [5.41, 5.74) is 6.96. The van der Waals surface area contributed by atoms with E-state index in [-0.39, 0.29) is 0 Å². The minimum atomic E-state index is -0.589. The van der Waals surface area contributed by atoms with Crippen LogP contribution in [0.2, 0.25) is 0 Å². The average molecular weight is 280 g/mol. The number of methoxy groups -OCH3 is 1. The Balaban J connectivity index is 2.18. The highest BCUT2D eigenvalue weighted by Crippen LogP contribution is 2.26. The van der Waals surface area contributed by atoms with Crippen molar-refractivity contribution < 1.29 is 9.84 Å². The van der Waals surface area contributed by atoms with Crippen molar-refractivity contribution in [3.8, 4) is 5.75 Å². The number of nitrogens with zero attached hydrogens (tertiary/aromatic N) is 1. The molecular weight excluding hydrogens is 260 g/mol. The van der Waals surface area contributed by atoms with Gasteiger partial charge in [0.2, 0.25) is 0 Å². The van der Waals surface area contributed by atoms with Crippen molar-refractivity contribution in [1.82, 2.24) is 4.90 Å². The van der Waals surface area contributed by atoms with Gasteiger partial charge in [-0.3, -0.25) is 4.90 Å². The molecule has 0 aromatic heterocycles. The number of thiocarbonyl (C=S) groups is 1. The second-order valence-corrected chi connectivity index (χ2v) is 5.79. The first-order valence-corrected chi connectivity index (χ1v) is 6.73. The van der Waals surface area contributed by atoms with E-state index in [0.717, 1.165) is 36.4 Å². The van der Waals surface area contributed by atoms with Crippen LogP contribution in [0.5, 0.6) is 5.75 Å². The molecule has 1 aliphatic rings. The summed E-state index contributed by atoms with van der Waals surface area (Å²) in [5.74, 6) is 0.826. The maximum Gasteiger partial charge on any atom is 0.123 e. The molecule has 0 bridgehead atoms. The van der Waals surface area contributed by atoms with Crippen molar-refractivity contribution in [3.63, 3.8) is 0 Å². The molecule has 0 spiro atoms. The van der Waals surface area contributed by atoms with Crippen LogP contribution in [0.3, 0.4) is 0 Å². The molecular formula is C14H20N2O2S. The summed E-state index contributed by atoms with van der Waals surface area (Å²) in [5, 5.41) is 10.00. The summed E-state index contributed by atoms with van der Waals surface area (Å²) in [6.45, 7) is 4.16. The lowest BCUT2D eigenvalue weighted by Gasteiger charge is -2.20. The Labute approximate surface area is 119 Å². The van der Waals surface area contributed by atoms with Crippen molar-refractivity contribution in [2.45, 2.75) is 25.5 Å². The predicted octanol–water partition coefficient (Wildman–Crippen LogP) is 1.29. The molecule has 1 atom stereocenters. The average Bonchev–Trinajstić information content (AvgIpc) is 2.68. The zero-order valence-corrected chi connectivity index (χ0v) is 12.2. The van der Waals surface area contributed by atoms with Gasteiger partial charge in [-0.25, -0.2) is 0 Å². The quantitative estimate of drug-likeness (QED) is 0.814. The third-order valence-electron chi connectivity index (χ3n) is 3.49. The number of hydrogen-bond donors (Lipinski definition) is 2. The third kappa shape index (κ3) is 3.43. The Hall–Kier alpha value is -1.17. The van der Waals surface area contributed by atoms with Gasteiger partial charge in [0.1, 0.15) is 10.7 Å². The minimum absolute atomic E-state index is 0.386. The number of β-amino-alcohol motifs (C(OH)–C–C–N with tert-alkyl or cyclic N) is 1. The minimum Gasteiger partial charge on any atom is -0.496 e. The third-order valence-corrected chi connectivity index (χ3v) is 3.73. The normalized spacial score (nSPS) is 23.5. The summed E-state index contributed by atoms with van der Waals surface area (Å²) in [6.07, 6.45) is 0.796. The maximum absolute atomic E-state index is 10.00. The van der Waals surface area contributed by atoms with Crippen LogP contribution in [0.25, 0.3) is 0 Å². The lowest BCUT2D eigenvalue weighted by atomic mass is 10.1. The Morgan fingerprint density at radius 3 is 2.84 bits per heavy atom. The number of hydrogen-bond acceptors (Lipinski definition) is 4. The summed E-state index contributed by atoms with van der Waals surface area (Å²) >= 11 is 5.00. The molecule has 1 aromatic carbocycles. The van der Waals surface area contributed by atoms with Crippen molar-refractivity contribution in [1.29, 1.82) is 0 Å². The lowest BCUT2D eigenvalue weighted by Crippen LogP contribution is -2.29. The molecule has 1 saturated heterocycles. The lowest BCUT2D eigenvalue weighted by molar-refractivity contribution is 0.0678. The first-order chi connectivity index (χ1) is 8.91. The Bertz CT molecular complexity index is 488. The van der Waals surface area contributed by atoms with Gasteiger partial charge in [0.15, 0.2) is 0 Å². The van der Waals surface area contributed by atoms with Crippen molar-refractivity contribution >= 4 is 17.2 Å². The van der Waals surface area contributed by atoms with Gasteiger partial charge < -0.3 is 15.6 Å². The molecule has 0 amide bonds. The van der Waals surface area contributed by atoms with Gasteiger partial charge in [0.05, 0.1) is 12.7 Å². The van der Waals surface area contributed by atoms with E-state index in [2.05, 4.69) is 4.90 Å². The molecule has 1 heterocycles. The molecule has 0 aliphatic carbocycles. The molecule has 3 N–H and O–H groups in total. The zero-order valence-electron chi connectivity index (χ0n) is 11.3. The molecule has 1 fully saturated rings. The van der Waals surface area contributed by atoms with E-state index in [1.54, 1.807) is 7.11 Å². The molecule has 0 saturated carbocycles. The number of aliphatic hydroxyl groups is 1. The van der Waals surface area contributed by atoms with Crippen LogP contribution < -0.4 is 10.5 Å². The highest BCUT2D eigenvalue weighted by Gasteiger charge is 2.31. The van der Waals surface area contributed by atoms with E-state index < -0.39 is 5.60 Å². The summed E-state index contributed by atoms with van der Waals surface area (Å²) < 4.78 is 5.37. The Morgan fingerprint density at radius 1 is 1.58 bits per heavy atom. The van der Waals surface area contributed by atoms with Crippen LogP contribution in [0.1, 0.15) is 24.5 Å². The molecule has 19 heavy (non-hydrogen) atoms. The highest BCUT2D eigenvalue weighted by atomic mass is 32.1. The van der Waals surface area contributed by atoms with Crippen LogP contribution in [-0.2, 0) is 6.54 Å². The van der Waals surface area contributed by atoms with Crippen LogP contribution in [-0.4, -0.2) is 40.8 Å². The van der Waals surface area contributed by atoms with Gasteiger partial charge in [0.25, 0.3) is 0 Å². The Morgan fingerprint density at radius 2 is 2.32 bits per heavy atom. The topological polar surface area (TPSA) is 58.7 Å². The van der Waals surface area contributed by atoms with Crippen molar-refractivity contribution in [3.05, 3.63) is 29.3 Å². The van der Waals surface area contributed by atoms with E-state index in [4.69, 9.17) is 22.7 Å². The van der Waals surface area contributed by atoms with Gasteiger partial charge >= 0.3 is 0 Å². The van der Waals surface area contributed by atoms with Crippen LogP contribution >= 0.6 is 12.2 Å². The van der Waals surface area contributed by atoms with Gasteiger partial charge in [-0.05, 0) is 31.5 Å². The number of likely N-dealkylation sites (tertiary alicyclic amines) is 1. The van der Waals surface area contributed by atoms with E-state index in [0.29, 0.717) is 11.5 Å². The number of ether oxygens (including phenoxy) is 1. The van der Waals surface area contributed by atoms with Gasteiger partial charge in [0, 0.05) is 30.8 Å². The number of nitrogens with two attached hydrogens (primary N) is 1. The number of rotatable bonds is 4. The van der Waals surface area contributed by atoms with E-state index in [9.17, 15) is 5.11 Å². The molecule has 2 rings (SSSR count). The molecule has 104 valence electrons. The summed E-state index contributed by atoms with van der Waals surface area (Å²) in [6, 6.07) is 5.72. The molecule has 1 aromatic rings. The number of benzene rings is 1. The zero-order chi connectivity index (χ0) is 14.0. The fraction of sp³-hybridized carbons (Fsp3) is 0.500. The molecule has 1 aliphatic heterocycles. The highest BCUT2D eigenvalue weighted by molar-refractivity contribution is 7.80. The maximum atomic E-state index is 10.00. The van der Waals surface area contributed by atoms with Crippen LogP contribution in [0, 0.1) is 0 Å². The second kappa shape index (κ2) is 5.45. The molecule has 1 unspecified atom stereocenters. The molecule has 5 heteroatoms. The van der Waals surface area contributed by atoms with E-state index >= 15 is 0 Å². The van der Waals surface area contributed by atoms with Crippen molar-refractivity contribution in [2.75, 3.05) is 20.2 Å². The van der Waals surface area contributed by atoms with Crippen molar-refractivity contribution in [2.24, 2.45) is 5.73 Å². The molecule has 4 nitrogen and oxygen atoms in total. The smallest absolute Gasteiger partial charge is 0.123 e. The fourth-order valence-electron chi connectivity index (χ4n) is 2.47. The molecule has 0 radical (unpaired) electrons. The largest absolute Gasteiger partial charge is 0.496 e. The first kappa shape index (κ1) is 14.2. The van der Waals surface area contributed by atoms with Crippen LogP contribution in [0.15, 0.2) is 18.2 Å². The Kier molecular flexibility index (Phi) is 4.08.